The Morgan fingerprint density at radius 1 is 0.281 bits per heavy atom. The zero-order valence-electron chi connectivity index (χ0n) is 79.3. The van der Waals surface area contributed by atoms with E-state index in [0.717, 1.165) is 131 Å². The Kier molecular flexibility index (Phi) is 54.1. The molecule has 0 heterocycles. The number of hydrogen-bond acceptors (Lipinski definition) is 19. The number of carboxylic acid groups (broad SMARTS) is 2. The van der Waals surface area contributed by atoms with Crippen LogP contribution in [0.3, 0.4) is 0 Å². The van der Waals surface area contributed by atoms with E-state index in [2.05, 4.69) is 122 Å². The van der Waals surface area contributed by atoms with Gasteiger partial charge >= 0.3 is 35.8 Å². The minimum atomic E-state index is -1.56. The largest absolute Gasteiger partial charge is 0.497 e. The van der Waals surface area contributed by atoms with Gasteiger partial charge in [-0.2, -0.15) is 0 Å². The summed E-state index contributed by atoms with van der Waals surface area (Å²) in [6.45, 7) is 7.17. The van der Waals surface area contributed by atoms with Gasteiger partial charge in [-0.15, -0.1) is 0 Å². The van der Waals surface area contributed by atoms with Crippen molar-refractivity contribution in [2.45, 2.75) is 231 Å². The number of carbonyl (C=O) groups is 6. The van der Waals surface area contributed by atoms with Crippen LogP contribution in [0, 0.1) is 0 Å². The van der Waals surface area contributed by atoms with E-state index in [0.29, 0.717) is 64.8 Å². The average Bonchev–Trinajstić information content (AvgIpc) is 0.876. The molecular weight excluding hydrogens is 1610 g/mol. The van der Waals surface area contributed by atoms with Gasteiger partial charge in [0.2, 0.25) is 0 Å². The molecule has 1 unspecified atom stereocenters. The number of para-hydroxylation sites is 1. The molecule has 0 aliphatic heterocycles. The van der Waals surface area contributed by atoms with Crippen molar-refractivity contribution in [3.8, 4) is 28.7 Å². The minimum absolute atomic E-state index is 0.0433. The van der Waals surface area contributed by atoms with Gasteiger partial charge in [-0.25, -0.2) is 19.2 Å². The van der Waals surface area contributed by atoms with Crippen LogP contribution in [0.5, 0.6) is 28.7 Å². The molecule has 0 saturated carbocycles. The molecule has 8 aromatic carbocycles. The lowest BCUT2D eigenvalue weighted by Gasteiger charge is -2.22. The van der Waals surface area contributed by atoms with Gasteiger partial charge in [-0.05, 0) is 275 Å². The number of rotatable bonds is 56. The highest BCUT2D eigenvalue weighted by Crippen LogP contribution is 2.26. The van der Waals surface area contributed by atoms with Crippen LogP contribution in [0.25, 0.3) is 0 Å². The van der Waals surface area contributed by atoms with Gasteiger partial charge in [0.25, 0.3) is 0 Å². The van der Waals surface area contributed by atoms with Crippen LogP contribution in [0.15, 0.2) is 194 Å². The Bertz CT molecular complexity index is 4100. The number of carbonyl (C=O) groups excluding carboxylic acids is 4. The molecule has 0 fully saturated rings. The Hall–Kier alpha value is -10.6. The zero-order chi connectivity index (χ0) is 93.1. The summed E-state index contributed by atoms with van der Waals surface area (Å²) in [6, 6.07) is 65.8. The second-order valence-electron chi connectivity index (χ2n) is 33.9. The fourth-order valence-corrected chi connectivity index (χ4v) is 15.1. The van der Waals surface area contributed by atoms with Crippen molar-refractivity contribution in [2.75, 3.05) is 118 Å². The molecule has 4 atom stereocenters. The molecule has 0 bridgehead atoms. The lowest BCUT2D eigenvalue weighted by molar-refractivity contribution is -0.168. The van der Waals surface area contributed by atoms with Crippen molar-refractivity contribution in [1.29, 1.82) is 0 Å². The van der Waals surface area contributed by atoms with Crippen LogP contribution in [-0.4, -0.2) is 208 Å². The molecule has 21 heteroatoms. The van der Waals surface area contributed by atoms with Crippen LogP contribution < -0.4 is 23.7 Å². The number of methoxy groups -OCH3 is 4. The molecule has 0 aromatic heterocycles. The molecule has 0 spiro atoms. The first-order valence-electron chi connectivity index (χ1n) is 46.1. The Labute approximate surface area is 765 Å². The number of unbranched alkanes of at least 4 members (excludes halogenated alkanes) is 12. The number of carboxylic acids is 2. The Morgan fingerprint density at radius 2 is 0.523 bits per heavy atom. The number of nitrogens with zero attached hydrogens (tertiary/aromatic N) is 4. The minimum Gasteiger partial charge on any atom is -0.497 e. The quantitative estimate of drug-likeness (QED) is 0.0156. The van der Waals surface area contributed by atoms with Crippen LogP contribution in [0.4, 0.5) is 0 Å². The Balaban J connectivity index is 0.000000304. The number of aliphatic carboxylic acids is 2. The van der Waals surface area contributed by atoms with E-state index in [-0.39, 0.29) is 24.1 Å². The van der Waals surface area contributed by atoms with Crippen LogP contribution >= 0.6 is 0 Å². The van der Waals surface area contributed by atoms with Crippen molar-refractivity contribution in [3.63, 3.8) is 0 Å². The van der Waals surface area contributed by atoms with Crippen molar-refractivity contribution in [1.82, 2.24) is 19.6 Å². The number of ether oxygens (including phenoxy) is 9. The third kappa shape index (κ3) is 46.9. The van der Waals surface area contributed by atoms with Gasteiger partial charge in [0.1, 0.15) is 59.8 Å². The predicted molar refractivity (Wildman–Crippen MR) is 512 cm³/mol. The molecule has 2 N–H and O–H groups in total. The van der Waals surface area contributed by atoms with Gasteiger partial charge in [-0.1, -0.05) is 230 Å². The predicted octanol–water partition coefficient (Wildman–Crippen LogP) is 19.4. The van der Waals surface area contributed by atoms with Crippen molar-refractivity contribution in [2.24, 2.45) is 0 Å². The maximum atomic E-state index is 12.5. The molecule has 0 aliphatic carbocycles. The van der Waals surface area contributed by atoms with Gasteiger partial charge in [0, 0.05) is 39.0 Å². The number of hydrogen-bond donors (Lipinski definition) is 2. The highest BCUT2D eigenvalue weighted by atomic mass is 16.6. The van der Waals surface area contributed by atoms with Crippen molar-refractivity contribution >= 4 is 35.8 Å². The highest BCUT2D eigenvalue weighted by molar-refractivity contribution is 6.29. The molecule has 8 rings (SSSR count). The number of likely N-dealkylation sites (N-methyl/N-ethyl adjacent to an activating group) is 4. The van der Waals surface area contributed by atoms with Gasteiger partial charge < -0.3 is 72.4 Å². The maximum absolute atomic E-state index is 12.5. The summed E-state index contributed by atoms with van der Waals surface area (Å²) < 4.78 is 49.1. The lowest BCUT2D eigenvalue weighted by Crippen LogP contribution is -2.35. The standard InChI is InChI=1S/C31H47NO3.C30H45NO4.2C23H29NO5/c1-5-6-7-8-9-10-11-16-31(33)35-30(25-32(2)3)24-21-28-15-13-12-14-27(28)20-17-26-18-22-29(34-4)23-19-26;1-5-6-7-8-9-10-11-16-30(32)35-28(23-31(2)3)24-34-29-15-13-12-14-26(29)20-17-25-18-21-27(33-4)22-19-25;2*1-24(2)16-21(29-23(27)22(25)26)15-12-19-7-5-4-6-18(19)11-8-17-9-13-20(28-3)14-10-17/h12-15,18-19,22-23,30H,5-11,16-17,20-21,24-25H2,1-4H3;12-15,18-19,21-22,28H,5-11,16-17,20,23-24H2,1-4H3;2*4-7,9-10,13-14,21H,8,11-12,15-16H2,1-3H3,(H,25,26)/t30-;28-;21-;/m110./s1. The third-order valence-electron chi connectivity index (χ3n) is 22.1. The van der Waals surface area contributed by atoms with E-state index in [9.17, 15) is 28.8 Å². The van der Waals surface area contributed by atoms with E-state index in [4.69, 9.17) is 52.8 Å². The summed E-state index contributed by atoms with van der Waals surface area (Å²) in [5.41, 5.74) is 13.8. The first-order valence-corrected chi connectivity index (χ1v) is 46.1. The molecule has 0 amide bonds. The van der Waals surface area contributed by atoms with E-state index in [1.54, 1.807) is 28.4 Å². The van der Waals surface area contributed by atoms with E-state index in [1.165, 1.54) is 120 Å². The SMILES string of the molecule is CCCCCCCCCC(=O)O[C@@H](COc1ccccc1CCc1ccc(OC)cc1)CN(C)C.CCCCCCCCCC(=O)O[C@H](CCc1ccccc1CCc1ccc(OC)cc1)CN(C)C.COc1ccc(CCc2ccccc2CCC(CN(C)C)OC(=O)C(=O)O)cc1.COc1ccc(CCc2ccccc2CC[C@@H](CN(C)C)OC(=O)C(=O)O)cc1. The van der Waals surface area contributed by atoms with Crippen LogP contribution in [-0.2, 0) is 118 Å². The van der Waals surface area contributed by atoms with Crippen LogP contribution in [0.1, 0.15) is 197 Å². The number of aryl methyl sites for hydroxylation is 11. The highest BCUT2D eigenvalue weighted by Gasteiger charge is 2.25. The average molecular weight is 1760 g/mol. The van der Waals surface area contributed by atoms with Gasteiger partial charge in [0.05, 0.1) is 28.4 Å². The van der Waals surface area contributed by atoms with E-state index in [1.807, 2.05) is 162 Å². The van der Waals surface area contributed by atoms with Crippen molar-refractivity contribution < 1.29 is 81.6 Å². The molecular formula is C107H150N4O17. The summed E-state index contributed by atoms with van der Waals surface area (Å²) in [5, 5.41) is 17.6. The topological polar surface area (TPSA) is 239 Å². The molecule has 0 saturated heterocycles. The summed E-state index contributed by atoms with van der Waals surface area (Å²) in [5.74, 6) is -1.40. The van der Waals surface area contributed by atoms with E-state index < -0.39 is 36.1 Å². The lowest BCUT2D eigenvalue weighted by atomic mass is 9.96. The number of benzene rings is 8. The smallest absolute Gasteiger partial charge is 0.417 e. The normalized spacial score (nSPS) is 11.9. The first-order chi connectivity index (χ1) is 61.8. The second-order valence-corrected chi connectivity index (χ2v) is 33.9. The summed E-state index contributed by atoms with van der Waals surface area (Å²) in [4.78, 5) is 77.4. The molecule has 21 nitrogen and oxygen atoms in total. The summed E-state index contributed by atoms with van der Waals surface area (Å²) in [6.07, 6.45) is 28.2. The summed E-state index contributed by atoms with van der Waals surface area (Å²) in [7, 11) is 22.2. The molecule has 700 valence electrons. The van der Waals surface area contributed by atoms with Gasteiger partial charge in [0.15, 0.2) is 0 Å². The Morgan fingerprint density at radius 3 is 0.805 bits per heavy atom. The molecule has 8 aromatic rings. The number of esters is 4. The maximum Gasteiger partial charge on any atom is 0.417 e. The van der Waals surface area contributed by atoms with Crippen LogP contribution in [0.2, 0.25) is 0 Å². The molecule has 0 aliphatic rings. The summed E-state index contributed by atoms with van der Waals surface area (Å²) >= 11 is 0. The fourth-order valence-electron chi connectivity index (χ4n) is 15.1. The third-order valence-corrected chi connectivity index (χ3v) is 22.1. The molecule has 0 radical (unpaired) electrons. The zero-order valence-corrected chi connectivity index (χ0v) is 79.3. The van der Waals surface area contributed by atoms with E-state index >= 15 is 0 Å². The molecule has 128 heavy (non-hydrogen) atoms. The van der Waals surface area contributed by atoms with Gasteiger partial charge in [-0.3, -0.25) is 9.59 Å². The second kappa shape index (κ2) is 64.2. The van der Waals surface area contributed by atoms with Crippen molar-refractivity contribution in [3.05, 3.63) is 255 Å². The first kappa shape index (κ1) is 108. The fraction of sp³-hybridized carbons (Fsp3) is 0.495. The monoisotopic (exact) mass is 1760 g/mol.